The molecule has 11 aromatic rings. The number of nitrogens with zero attached hydrogens (tertiary/aromatic N) is 5. The Balaban J connectivity index is 1.47. The largest absolute Gasteiger partial charge is 0.309 e. The highest BCUT2D eigenvalue weighted by molar-refractivity contribution is 6.40. The maximum Gasteiger partial charge on any atom is 0.138 e. The van der Waals surface area contributed by atoms with E-state index >= 15 is 0 Å². The first kappa shape index (κ1) is 27.9. The van der Waals surface area contributed by atoms with Gasteiger partial charge < -0.3 is 9.13 Å². The lowest BCUT2D eigenvalue weighted by molar-refractivity contribution is 1.07. The Bertz CT molecular complexity index is 3120. The van der Waals surface area contributed by atoms with Gasteiger partial charge in [-0.2, -0.15) is 0 Å². The van der Waals surface area contributed by atoms with E-state index in [1.54, 1.807) is 0 Å². The molecule has 0 fully saturated rings. The molecule has 0 saturated carbocycles. The Morgan fingerprint density at radius 3 is 1.41 bits per heavy atom. The van der Waals surface area contributed by atoms with Gasteiger partial charge in [0.15, 0.2) is 0 Å². The minimum Gasteiger partial charge on any atom is -0.309 e. The average molecular weight is 652 g/mol. The molecule has 0 saturated heterocycles. The van der Waals surface area contributed by atoms with Crippen molar-refractivity contribution in [3.05, 3.63) is 176 Å². The molecule has 0 aliphatic carbocycles. The molecule has 0 bridgehead atoms. The van der Waals surface area contributed by atoms with Crippen molar-refractivity contribution in [1.82, 2.24) is 23.7 Å². The molecular weight excluding hydrogens is 623 g/mol. The van der Waals surface area contributed by atoms with Gasteiger partial charge in [-0.3, -0.25) is 9.55 Å². The Labute approximate surface area is 292 Å². The summed E-state index contributed by atoms with van der Waals surface area (Å²) < 4.78 is 7.31. The average Bonchev–Trinajstić information content (AvgIpc) is 3.85. The van der Waals surface area contributed by atoms with Crippen LogP contribution in [0.15, 0.2) is 176 Å². The topological polar surface area (TPSA) is 40.6 Å². The Kier molecular flexibility index (Phi) is 5.89. The van der Waals surface area contributed by atoms with E-state index in [0.717, 1.165) is 50.6 Å². The van der Waals surface area contributed by atoms with Gasteiger partial charge in [0, 0.05) is 49.9 Å². The number of hydrogen-bond acceptors (Lipinski definition) is 2. The minimum absolute atomic E-state index is 0.834. The van der Waals surface area contributed by atoms with E-state index in [4.69, 9.17) is 4.98 Å². The van der Waals surface area contributed by atoms with E-state index in [9.17, 15) is 0 Å². The van der Waals surface area contributed by atoms with Crippen LogP contribution in [0.1, 0.15) is 0 Å². The van der Waals surface area contributed by atoms with E-state index in [2.05, 4.69) is 164 Å². The summed E-state index contributed by atoms with van der Waals surface area (Å²) in [6, 6.07) is 60.3. The fourth-order valence-corrected chi connectivity index (χ4v) is 8.28. The maximum atomic E-state index is 5.33. The minimum atomic E-state index is 0.834. The number of fused-ring (bicyclic) bond motifs is 12. The first-order valence-electron chi connectivity index (χ1n) is 17.3. The monoisotopic (exact) mass is 651 g/mol. The fourth-order valence-electron chi connectivity index (χ4n) is 8.28. The van der Waals surface area contributed by atoms with Crippen molar-refractivity contribution in [3.8, 4) is 28.6 Å². The zero-order valence-corrected chi connectivity index (χ0v) is 27.5. The van der Waals surface area contributed by atoms with Gasteiger partial charge in [0.25, 0.3) is 0 Å². The highest BCUT2D eigenvalue weighted by Crippen LogP contribution is 2.50. The van der Waals surface area contributed by atoms with Gasteiger partial charge in [-0.25, -0.2) is 4.98 Å². The second kappa shape index (κ2) is 10.8. The van der Waals surface area contributed by atoms with Gasteiger partial charge >= 0.3 is 0 Å². The van der Waals surface area contributed by atoms with Gasteiger partial charge in [-0.15, -0.1) is 0 Å². The molecule has 0 spiro atoms. The van der Waals surface area contributed by atoms with Gasteiger partial charge in [0.05, 0.1) is 44.5 Å². The SMILES string of the molecule is c1ccc(-n2c3ccccc3c3c4c5ccccc5n(-c5cccc(-c6ccccn6)n5)c4c4c(c5ccccc5n4-c4ccccc4)c32)cc1. The standard InChI is InChI=1S/C46H29N5/c1-3-16-30(17-4-1)49-37-25-10-7-20-32(37)41-42-33-21-8-12-27-39(33)51(40-28-15-24-36(48-40)35-23-13-14-29-47-35)45(42)46-43(44(41)49)34-22-9-11-26-38(34)50(46)31-18-5-2-6-19-31/h1-29H. The molecule has 11 rings (SSSR count). The summed E-state index contributed by atoms with van der Waals surface area (Å²) in [7, 11) is 0. The van der Waals surface area contributed by atoms with Crippen LogP contribution in [0.4, 0.5) is 0 Å². The van der Waals surface area contributed by atoms with Crippen molar-refractivity contribution in [1.29, 1.82) is 0 Å². The molecule has 0 aliphatic rings. The van der Waals surface area contributed by atoms with Crippen molar-refractivity contribution in [2.24, 2.45) is 0 Å². The predicted molar refractivity (Wildman–Crippen MR) is 210 cm³/mol. The lowest BCUT2D eigenvalue weighted by atomic mass is 10.0. The van der Waals surface area contributed by atoms with Crippen LogP contribution in [0.5, 0.6) is 0 Å². The molecule has 5 heterocycles. The zero-order chi connectivity index (χ0) is 33.5. The first-order valence-corrected chi connectivity index (χ1v) is 17.3. The Morgan fingerprint density at radius 1 is 0.333 bits per heavy atom. The molecule has 51 heavy (non-hydrogen) atoms. The van der Waals surface area contributed by atoms with Crippen LogP contribution in [0.25, 0.3) is 94.0 Å². The molecule has 0 aliphatic heterocycles. The van der Waals surface area contributed by atoms with Crippen LogP contribution >= 0.6 is 0 Å². The van der Waals surface area contributed by atoms with Crippen molar-refractivity contribution in [2.45, 2.75) is 0 Å². The van der Waals surface area contributed by atoms with E-state index in [-0.39, 0.29) is 0 Å². The van der Waals surface area contributed by atoms with Crippen LogP contribution in [0.2, 0.25) is 0 Å². The highest BCUT2D eigenvalue weighted by atomic mass is 15.1. The molecule has 0 atom stereocenters. The van der Waals surface area contributed by atoms with Crippen molar-refractivity contribution in [2.75, 3.05) is 0 Å². The van der Waals surface area contributed by atoms with E-state index in [1.807, 2.05) is 30.5 Å². The number of benzene rings is 6. The second-order valence-corrected chi connectivity index (χ2v) is 13.0. The normalized spacial score (nSPS) is 11.9. The van der Waals surface area contributed by atoms with E-state index in [1.165, 1.54) is 43.4 Å². The summed E-state index contributed by atoms with van der Waals surface area (Å²) in [5, 5.41) is 7.27. The molecular formula is C46H29N5. The molecule has 5 nitrogen and oxygen atoms in total. The van der Waals surface area contributed by atoms with Crippen LogP contribution in [0.3, 0.4) is 0 Å². The summed E-state index contributed by atoms with van der Waals surface area (Å²) >= 11 is 0. The smallest absolute Gasteiger partial charge is 0.138 e. The van der Waals surface area contributed by atoms with Crippen molar-refractivity contribution < 1.29 is 0 Å². The quantitative estimate of drug-likeness (QED) is 0.190. The van der Waals surface area contributed by atoms with Crippen LogP contribution in [0, 0.1) is 0 Å². The van der Waals surface area contributed by atoms with E-state index in [0.29, 0.717) is 0 Å². The van der Waals surface area contributed by atoms with Gasteiger partial charge in [-0.1, -0.05) is 103 Å². The third kappa shape index (κ3) is 3.91. The molecule has 0 N–H and O–H groups in total. The number of rotatable bonds is 4. The summed E-state index contributed by atoms with van der Waals surface area (Å²) in [6.07, 6.45) is 1.82. The summed E-state index contributed by atoms with van der Waals surface area (Å²) in [5.41, 5.74) is 10.8. The Hall–Kier alpha value is -6.98. The van der Waals surface area contributed by atoms with Crippen LogP contribution < -0.4 is 0 Å². The molecule has 0 unspecified atom stereocenters. The lowest BCUT2D eigenvalue weighted by Crippen LogP contribution is -2.02. The molecule has 0 amide bonds. The number of hydrogen-bond donors (Lipinski definition) is 0. The summed E-state index contributed by atoms with van der Waals surface area (Å²) in [6.45, 7) is 0. The third-order valence-electron chi connectivity index (χ3n) is 10.3. The van der Waals surface area contributed by atoms with Crippen LogP contribution in [-0.2, 0) is 0 Å². The summed E-state index contributed by atoms with van der Waals surface area (Å²) in [4.78, 5) is 9.99. The van der Waals surface area contributed by atoms with Crippen molar-refractivity contribution in [3.63, 3.8) is 0 Å². The highest BCUT2D eigenvalue weighted by Gasteiger charge is 2.28. The number of pyridine rings is 2. The fraction of sp³-hybridized carbons (Fsp3) is 0. The molecule has 5 heteroatoms. The first-order chi connectivity index (χ1) is 25.4. The molecule has 0 radical (unpaired) electrons. The predicted octanol–water partition coefficient (Wildman–Crippen LogP) is 11.4. The molecule has 5 aromatic heterocycles. The Morgan fingerprint density at radius 2 is 0.804 bits per heavy atom. The maximum absolute atomic E-state index is 5.33. The lowest BCUT2D eigenvalue weighted by Gasteiger charge is -2.14. The van der Waals surface area contributed by atoms with Crippen molar-refractivity contribution >= 4 is 65.4 Å². The number of para-hydroxylation sites is 5. The molecule has 238 valence electrons. The zero-order valence-electron chi connectivity index (χ0n) is 27.5. The van der Waals surface area contributed by atoms with Crippen LogP contribution in [-0.4, -0.2) is 23.7 Å². The number of aromatic nitrogens is 5. The van der Waals surface area contributed by atoms with Gasteiger partial charge in [0.2, 0.25) is 0 Å². The van der Waals surface area contributed by atoms with Gasteiger partial charge in [-0.05, 0) is 66.7 Å². The van der Waals surface area contributed by atoms with E-state index < -0.39 is 0 Å². The summed E-state index contributed by atoms with van der Waals surface area (Å²) in [5.74, 6) is 0.849. The second-order valence-electron chi connectivity index (χ2n) is 13.0. The molecule has 6 aromatic carbocycles. The van der Waals surface area contributed by atoms with Gasteiger partial charge in [0.1, 0.15) is 5.82 Å². The third-order valence-corrected chi connectivity index (χ3v) is 10.3.